The second-order valence-corrected chi connectivity index (χ2v) is 6.63. The molecule has 0 saturated heterocycles. The first-order valence-electron chi connectivity index (χ1n) is 7.59. The molecule has 25 heavy (non-hydrogen) atoms. The van der Waals surface area contributed by atoms with E-state index in [1.54, 1.807) is 12.1 Å². The summed E-state index contributed by atoms with van der Waals surface area (Å²) >= 11 is 11.8. The van der Waals surface area contributed by atoms with Crippen LogP contribution in [0.3, 0.4) is 0 Å². The number of carbonyl (C=O) groups is 2. The molecule has 2 amide bonds. The van der Waals surface area contributed by atoms with Crippen molar-refractivity contribution < 1.29 is 19.4 Å². The smallest absolute Gasteiger partial charge is 0.261 e. The predicted octanol–water partition coefficient (Wildman–Crippen LogP) is 3.34. The number of fused-ring (bicyclic) bond motifs is 1. The van der Waals surface area contributed by atoms with Crippen LogP contribution in [0.25, 0.3) is 0 Å². The van der Waals surface area contributed by atoms with Crippen LogP contribution in [0.2, 0.25) is 10.0 Å². The van der Waals surface area contributed by atoms with Crippen LogP contribution in [-0.2, 0) is 0 Å². The molecule has 3 rings (SSSR count). The molecule has 0 bridgehead atoms. The molecule has 0 unspecified atom stereocenters. The number of carbonyl (C=O) groups excluding carboxylic acids is 2. The van der Waals surface area contributed by atoms with Crippen molar-refractivity contribution in [2.75, 3.05) is 13.2 Å². The fourth-order valence-electron chi connectivity index (χ4n) is 2.54. The van der Waals surface area contributed by atoms with Gasteiger partial charge in [0.1, 0.15) is 18.5 Å². The molecule has 1 N–H and O–H groups in total. The third-order valence-corrected chi connectivity index (χ3v) is 4.59. The van der Waals surface area contributed by atoms with E-state index in [4.69, 9.17) is 27.9 Å². The molecule has 0 saturated carbocycles. The van der Waals surface area contributed by atoms with E-state index in [-0.39, 0.29) is 34.3 Å². The number of aryl methyl sites for hydroxylation is 1. The summed E-state index contributed by atoms with van der Waals surface area (Å²) in [5.41, 5.74) is 1.47. The first-order valence-corrected chi connectivity index (χ1v) is 8.35. The van der Waals surface area contributed by atoms with Crippen molar-refractivity contribution in [3.63, 3.8) is 0 Å². The Morgan fingerprint density at radius 2 is 1.56 bits per heavy atom. The van der Waals surface area contributed by atoms with Gasteiger partial charge < -0.3 is 9.84 Å². The Bertz CT molecular complexity index is 795. The molecule has 1 aliphatic heterocycles. The lowest BCUT2D eigenvalue weighted by molar-refractivity contribution is 0.0457. The summed E-state index contributed by atoms with van der Waals surface area (Å²) in [6, 6.07) is 10.1. The lowest BCUT2D eigenvalue weighted by Crippen LogP contribution is -2.39. The van der Waals surface area contributed by atoms with Crippen molar-refractivity contribution in [2.45, 2.75) is 13.0 Å². The first kappa shape index (κ1) is 17.7. The van der Waals surface area contributed by atoms with Crippen LogP contribution in [0, 0.1) is 6.92 Å². The Morgan fingerprint density at radius 3 is 2.08 bits per heavy atom. The van der Waals surface area contributed by atoms with E-state index in [2.05, 4.69) is 0 Å². The van der Waals surface area contributed by atoms with Crippen molar-refractivity contribution in [3.8, 4) is 5.75 Å². The summed E-state index contributed by atoms with van der Waals surface area (Å²) in [5, 5.41) is 10.5. The largest absolute Gasteiger partial charge is 0.491 e. The minimum atomic E-state index is -1.02. The standard InChI is InChI=1S/C18H15Cl2NO4/c1-10-2-4-12(5-3-10)25-9-11(22)8-21-17(23)13-6-15(19)16(20)7-14(13)18(21)24/h2-7,11,22H,8-9H2,1H3/t11-/m0/s1. The Hall–Kier alpha value is -2.08. The summed E-state index contributed by atoms with van der Waals surface area (Å²) in [7, 11) is 0. The lowest BCUT2D eigenvalue weighted by Gasteiger charge is -2.18. The van der Waals surface area contributed by atoms with E-state index >= 15 is 0 Å². The minimum absolute atomic E-state index is 0.0437. The zero-order chi connectivity index (χ0) is 18.1. The maximum absolute atomic E-state index is 12.4. The Balaban J connectivity index is 1.65. The predicted molar refractivity (Wildman–Crippen MR) is 94.5 cm³/mol. The third-order valence-electron chi connectivity index (χ3n) is 3.87. The highest BCUT2D eigenvalue weighted by Gasteiger charge is 2.37. The highest BCUT2D eigenvalue weighted by Crippen LogP contribution is 2.31. The van der Waals surface area contributed by atoms with E-state index < -0.39 is 17.9 Å². The Labute approximate surface area is 154 Å². The van der Waals surface area contributed by atoms with Gasteiger partial charge in [-0.15, -0.1) is 0 Å². The number of aliphatic hydroxyl groups excluding tert-OH is 1. The second kappa shape index (κ2) is 7.04. The average molecular weight is 380 g/mol. The highest BCUT2D eigenvalue weighted by molar-refractivity contribution is 6.43. The highest BCUT2D eigenvalue weighted by atomic mass is 35.5. The summed E-state index contributed by atoms with van der Waals surface area (Å²) in [6.45, 7) is 1.74. The summed E-state index contributed by atoms with van der Waals surface area (Å²) in [5.74, 6) is -0.411. The molecule has 2 aromatic carbocycles. The number of amides is 2. The van der Waals surface area contributed by atoms with Crippen LogP contribution in [0.5, 0.6) is 5.75 Å². The van der Waals surface area contributed by atoms with Gasteiger partial charge in [-0.2, -0.15) is 0 Å². The number of halogens is 2. The van der Waals surface area contributed by atoms with Gasteiger partial charge in [-0.1, -0.05) is 40.9 Å². The maximum Gasteiger partial charge on any atom is 0.261 e. The number of hydrogen-bond acceptors (Lipinski definition) is 4. The van der Waals surface area contributed by atoms with Gasteiger partial charge in [0.25, 0.3) is 11.8 Å². The number of imide groups is 1. The molecule has 0 radical (unpaired) electrons. The molecule has 1 heterocycles. The average Bonchev–Trinajstić information content (AvgIpc) is 2.80. The molecule has 0 aromatic heterocycles. The maximum atomic E-state index is 12.4. The van der Waals surface area contributed by atoms with Crippen LogP contribution < -0.4 is 4.74 Å². The molecule has 7 heteroatoms. The van der Waals surface area contributed by atoms with Gasteiger partial charge in [0.2, 0.25) is 0 Å². The van der Waals surface area contributed by atoms with E-state index in [0.717, 1.165) is 10.5 Å². The van der Waals surface area contributed by atoms with Crippen molar-refractivity contribution in [2.24, 2.45) is 0 Å². The zero-order valence-electron chi connectivity index (χ0n) is 13.3. The van der Waals surface area contributed by atoms with Gasteiger partial charge in [0.05, 0.1) is 27.7 Å². The van der Waals surface area contributed by atoms with Crippen LogP contribution >= 0.6 is 23.2 Å². The minimum Gasteiger partial charge on any atom is -0.491 e. The van der Waals surface area contributed by atoms with Crippen molar-refractivity contribution >= 4 is 35.0 Å². The van der Waals surface area contributed by atoms with Crippen LogP contribution in [-0.4, -0.2) is 41.1 Å². The number of β-amino-alcohol motifs (C(OH)–C–C–N with tert-alkyl or cyclic N) is 1. The fourth-order valence-corrected chi connectivity index (χ4v) is 2.87. The monoisotopic (exact) mass is 379 g/mol. The van der Waals surface area contributed by atoms with Crippen molar-refractivity contribution in [3.05, 3.63) is 63.1 Å². The van der Waals surface area contributed by atoms with Gasteiger partial charge >= 0.3 is 0 Å². The summed E-state index contributed by atoms with van der Waals surface area (Å²) in [6.07, 6.45) is -1.02. The van der Waals surface area contributed by atoms with Gasteiger partial charge in [-0.05, 0) is 31.2 Å². The van der Waals surface area contributed by atoms with Gasteiger partial charge in [0, 0.05) is 0 Å². The number of hydrogen-bond donors (Lipinski definition) is 1. The van der Waals surface area contributed by atoms with E-state index in [1.807, 2.05) is 19.1 Å². The molecule has 0 fully saturated rings. The molecule has 1 aliphatic rings. The normalized spacial score (nSPS) is 14.6. The number of aliphatic hydroxyl groups is 1. The Morgan fingerprint density at radius 1 is 1.04 bits per heavy atom. The van der Waals surface area contributed by atoms with Crippen LogP contribution in [0.1, 0.15) is 26.3 Å². The zero-order valence-corrected chi connectivity index (χ0v) is 14.8. The summed E-state index contributed by atoms with van der Waals surface area (Å²) in [4.78, 5) is 25.7. The third kappa shape index (κ3) is 3.63. The van der Waals surface area contributed by atoms with Gasteiger partial charge in [-0.3, -0.25) is 14.5 Å². The number of ether oxygens (including phenoxy) is 1. The molecule has 2 aromatic rings. The van der Waals surface area contributed by atoms with E-state index in [0.29, 0.717) is 5.75 Å². The molecule has 1 atom stereocenters. The molecule has 5 nitrogen and oxygen atoms in total. The second-order valence-electron chi connectivity index (χ2n) is 5.81. The fraction of sp³-hybridized carbons (Fsp3) is 0.222. The molecule has 0 spiro atoms. The number of benzene rings is 2. The summed E-state index contributed by atoms with van der Waals surface area (Å²) < 4.78 is 5.48. The Kier molecular flexibility index (Phi) is 4.99. The topological polar surface area (TPSA) is 66.8 Å². The van der Waals surface area contributed by atoms with Crippen LogP contribution in [0.15, 0.2) is 36.4 Å². The van der Waals surface area contributed by atoms with Crippen molar-refractivity contribution in [1.29, 1.82) is 0 Å². The number of rotatable bonds is 5. The first-order chi connectivity index (χ1) is 11.9. The lowest BCUT2D eigenvalue weighted by atomic mass is 10.1. The quantitative estimate of drug-likeness (QED) is 0.808. The molecular weight excluding hydrogens is 365 g/mol. The molecular formula is C18H15Cl2NO4. The number of nitrogens with zero attached hydrogens (tertiary/aromatic N) is 1. The molecule has 0 aliphatic carbocycles. The van der Waals surface area contributed by atoms with E-state index in [1.165, 1.54) is 12.1 Å². The van der Waals surface area contributed by atoms with Gasteiger partial charge in [0.15, 0.2) is 0 Å². The van der Waals surface area contributed by atoms with Gasteiger partial charge in [-0.25, -0.2) is 0 Å². The van der Waals surface area contributed by atoms with E-state index in [9.17, 15) is 14.7 Å². The molecule has 130 valence electrons. The van der Waals surface area contributed by atoms with Crippen LogP contribution in [0.4, 0.5) is 0 Å². The SMILES string of the molecule is Cc1ccc(OC[C@@H](O)CN2C(=O)c3cc(Cl)c(Cl)cc3C2=O)cc1. The van der Waals surface area contributed by atoms with Crippen molar-refractivity contribution in [1.82, 2.24) is 4.90 Å².